The molecule has 0 radical (unpaired) electrons. The van der Waals surface area contributed by atoms with Crippen LogP contribution in [0.2, 0.25) is 10.0 Å². The Morgan fingerprint density at radius 1 is 0.957 bits per heavy atom. The lowest BCUT2D eigenvalue weighted by Crippen LogP contribution is -2.44. The van der Waals surface area contributed by atoms with Gasteiger partial charge in [0.05, 0.1) is 36.6 Å². The standard InChI is InChI=1S/C33H35Cl2FN6O5/c1-41-13-15-42(16-14-41)12-7-17-46-30-27(44-2)18-21(19-28(30)45-3)38-33-37-20-22(31(43)39-29-23(34)8-6-9-24(29)35)32(40-33)47-26-11-5-4-10-25(26)36/h4-6,8-11,18-20H,7,12-17H2,1-3H3,(H,39,43)(H,37,38,40). The first kappa shape index (κ1) is 34.0. The lowest BCUT2D eigenvalue weighted by atomic mass is 10.2. The fourth-order valence-corrected chi connectivity index (χ4v) is 5.34. The molecule has 1 aliphatic rings. The molecule has 11 nitrogen and oxygen atoms in total. The first-order valence-corrected chi connectivity index (χ1v) is 15.6. The minimum absolute atomic E-state index is 0.0496. The first-order valence-electron chi connectivity index (χ1n) is 14.9. The number of nitrogens with one attached hydrogen (secondary N) is 2. The van der Waals surface area contributed by atoms with Crippen molar-refractivity contribution in [3.05, 3.63) is 82.2 Å². The van der Waals surface area contributed by atoms with Crippen LogP contribution in [0.1, 0.15) is 16.8 Å². The van der Waals surface area contributed by atoms with E-state index >= 15 is 0 Å². The van der Waals surface area contributed by atoms with Crippen molar-refractivity contribution in [2.24, 2.45) is 0 Å². The highest BCUT2D eigenvalue weighted by Gasteiger charge is 2.22. The average Bonchev–Trinajstić information content (AvgIpc) is 3.07. The van der Waals surface area contributed by atoms with E-state index in [4.69, 9.17) is 42.1 Å². The Labute approximate surface area is 282 Å². The van der Waals surface area contributed by atoms with Crippen LogP contribution in [0.3, 0.4) is 0 Å². The number of amides is 1. The van der Waals surface area contributed by atoms with Crippen LogP contribution < -0.4 is 29.6 Å². The predicted octanol–water partition coefficient (Wildman–Crippen LogP) is 6.74. The van der Waals surface area contributed by atoms with Crippen LogP contribution in [0.25, 0.3) is 0 Å². The van der Waals surface area contributed by atoms with Gasteiger partial charge in [0.25, 0.3) is 5.91 Å². The van der Waals surface area contributed by atoms with Crippen molar-refractivity contribution in [3.8, 4) is 28.9 Å². The fraction of sp³-hybridized carbons (Fsp3) is 0.303. The molecule has 1 saturated heterocycles. The van der Waals surface area contributed by atoms with Gasteiger partial charge in [0.15, 0.2) is 23.1 Å². The maximum absolute atomic E-state index is 14.6. The van der Waals surface area contributed by atoms with Gasteiger partial charge in [-0.05, 0) is 37.7 Å². The molecule has 1 aromatic heterocycles. The number of halogens is 3. The zero-order chi connectivity index (χ0) is 33.3. The topological polar surface area (TPSA) is 110 Å². The fourth-order valence-electron chi connectivity index (χ4n) is 4.85. The molecule has 248 valence electrons. The van der Waals surface area contributed by atoms with Crippen molar-refractivity contribution >= 4 is 46.4 Å². The smallest absolute Gasteiger partial charge is 0.262 e. The Kier molecular flexibility index (Phi) is 11.5. The van der Waals surface area contributed by atoms with Crippen LogP contribution in [0.5, 0.6) is 28.9 Å². The second kappa shape index (κ2) is 16.0. The molecule has 1 amide bonds. The molecule has 0 spiro atoms. The molecule has 1 fully saturated rings. The number of hydrogen-bond donors (Lipinski definition) is 2. The van der Waals surface area contributed by atoms with Gasteiger partial charge in [0, 0.05) is 56.7 Å². The molecule has 0 bridgehead atoms. The third-order valence-corrected chi connectivity index (χ3v) is 8.05. The Hall–Kier alpha value is -4.36. The number of aromatic nitrogens is 2. The lowest BCUT2D eigenvalue weighted by molar-refractivity contribution is 0.102. The van der Waals surface area contributed by atoms with E-state index in [1.54, 1.807) is 36.4 Å². The van der Waals surface area contributed by atoms with Crippen molar-refractivity contribution in [2.75, 3.05) is 71.2 Å². The number of para-hydroxylation sites is 2. The summed E-state index contributed by atoms with van der Waals surface area (Å²) in [6.07, 6.45) is 2.09. The third-order valence-electron chi connectivity index (χ3n) is 7.42. The summed E-state index contributed by atoms with van der Waals surface area (Å²) in [6.45, 7) is 5.62. The number of carbonyl (C=O) groups excluding carboxylic acids is 1. The number of rotatable bonds is 13. The van der Waals surface area contributed by atoms with Gasteiger partial charge in [-0.15, -0.1) is 0 Å². The number of piperazine rings is 1. The predicted molar refractivity (Wildman–Crippen MR) is 180 cm³/mol. The summed E-state index contributed by atoms with van der Waals surface area (Å²) in [7, 11) is 5.20. The minimum Gasteiger partial charge on any atom is -0.493 e. The Balaban J connectivity index is 1.36. The van der Waals surface area contributed by atoms with E-state index < -0.39 is 11.7 Å². The Morgan fingerprint density at radius 3 is 2.30 bits per heavy atom. The molecule has 3 aromatic carbocycles. The number of likely N-dealkylation sites (N-methyl/N-ethyl adjacent to an activating group) is 1. The SMILES string of the molecule is COc1cc(Nc2ncc(C(=O)Nc3c(Cl)cccc3Cl)c(Oc3ccccc3F)n2)cc(OC)c1OCCCN1CCN(C)CC1. The van der Waals surface area contributed by atoms with Crippen molar-refractivity contribution in [1.82, 2.24) is 19.8 Å². The van der Waals surface area contributed by atoms with Crippen LogP contribution in [0.15, 0.2) is 60.8 Å². The molecule has 1 aliphatic heterocycles. The molecule has 5 rings (SSSR count). The van der Waals surface area contributed by atoms with Crippen LogP contribution in [-0.2, 0) is 0 Å². The maximum Gasteiger partial charge on any atom is 0.262 e. The summed E-state index contributed by atoms with van der Waals surface area (Å²) in [5.41, 5.74) is 0.603. The molecule has 0 atom stereocenters. The third kappa shape index (κ3) is 8.72. The van der Waals surface area contributed by atoms with E-state index in [0.29, 0.717) is 29.5 Å². The van der Waals surface area contributed by atoms with Gasteiger partial charge in [0.1, 0.15) is 5.56 Å². The molecular formula is C33H35Cl2FN6O5. The summed E-state index contributed by atoms with van der Waals surface area (Å²) in [5.74, 6) is -0.289. The Morgan fingerprint density at radius 2 is 1.64 bits per heavy atom. The molecular weight excluding hydrogens is 650 g/mol. The molecule has 0 saturated carbocycles. The quantitative estimate of drug-likeness (QED) is 0.147. The van der Waals surface area contributed by atoms with Crippen molar-refractivity contribution in [3.63, 3.8) is 0 Å². The number of nitrogens with zero attached hydrogens (tertiary/aromatic N) is 4. The molecule has 2 heterocycles. The highest BCUT2D eigenvalue weighted by atomic mass is 35.5. The number of ether oxygens (including phenoxy) is 4. The van der Waals surface area contributed by atoms with Gasteiger partial charge >= 0.3 is 0 Å². The minimum atomic E-state index is -0.671. The van der Waals surface area contributed by atoms with Crippen molar-refractivity contribution in [2.45, 2.75) is 6.42 Å². The number of methoxy groups -OCH3 is 2. The molecule has 0 aliphatic carbocycles. The summed E-state index contributed by atoms with van der Waals surface area (Å²) in [6, 6.07) is 14.0. The largest absolute Gasteiger partial charge is 0.493 e. The van der Waals surface area contributed by atoms with E-state index in [0.717, 1.165) is 39.1 Å². The molecule has 2 N–H and O–H groups in total. The van der Waals surface area contributed by atoms with E-state index in [1.165, 1.54) is 38.6 Å². The number of anilines is 3. The highest BCUT2D eigenvalue weighted by Crippen LogP contribution is 2.41. The normalized spacial score (nSPS) is 13.6. The zero-order valence-corrected chi connectivity index (χ0v) is 27.7. The molecule has 14 heteroatoms. The van der Waals surface area contributed by atoms with E-state index in [9.17, 15) is 9.18 Å². The van der Waals surface area contributed by atoms with Gasteiger partial charge in [-0.1, -0.05) is 41.4 Å². The van der Waals surface area contributed by atoms with E-state index in [1.807, 2.05) is 0 Å². The van der Waals surface area contributed by atoms with Crippen LogP contribution in [0, 0.1) is 5.82 Å². The van der Waals surface area contributed by atoms with Crippen LogP contribution in [0.4, 0.5) is 21.7 Å². The molecule has 47 heavy (non-hydrogen) atoms. The Bertz CT molecular complexity index is 1660. The number of benzene rings is 3. The van der Waals surface area contributed by atoms with Crippen molar-refractivity contribution < 1.29 is 28.1 Å². The van der Waals surface area contributed by atoms with Gasteiger partial charge in [-0.3, -0.25) is 4.79 Å². The molecule has 0 unspecified atom stereocenters. The average molecular weight is 686 g/mol. The maximum atomic E-state index is 14.6. The highest BCUT2D eigenvalue weighted by molar-refractivity contribution is 6.40. The van der Waals surface area contributed by atoms with Crippen LogP contribution in [-0.4, -0.2) is 86.3 Å². The van der Waals surface area contributed by atoms with Gasteiger partial charge in [0.2, 0.25) is 17.6 Å². The van der Waals surface area contributed by atoms with Crippen molar-refractivity contribution in [1.29, 1.82) is 0 Å². The summed E-state index contributed by atoms with van der Waals surface area (Å²) < 4.78 is 37.7. The number of hydrogen-bond acceptors (Lipinski definition) is 10. The number of carbonyl (C=O) groups is 1. The van der Waals surface area contributed by atoms with Gasteiger partial charge in [-0.25, -0.2) is 9.37 Å². The lowest BCUT2D eigenvalue weighted by Gasteiger charge is -2.32. The monoisotopic (exact) mass is 684 g/mol. The summed E-state index contributed by atoms with van der Waals surface area (Å²) in [5, 5.41) is 6.18. The summed E-state index contributed by atoms with van der Waals surface area (Å²) in [4.78, 5) is 26.8. The second-order valence-corrected chi connectivity index (χ2v) is 11.5. The first-order chi connectivity index (χ1) is 22.7. The van der Waals surface area contributed by atoms with Gasteiger partial charge in [-0.2, -0.15) is 4.98 Å². The zero-order valence-electron chi connectivity index (χ0n) is 26.2. The van der Waals surface area contributed by atoms with E-state index in [-0.39, 0.29) is 38.9 Å². The van der Waals surface area contributed by atoms with E-state index in [2.05, 4.69) is 37.4 Å². The summed E-state index contributed by atoms with van der Waals surface area (Å²) >= 11 is 12.5. The van der Waals surface area contributed by atoms with Crippen LogP contribution >= 0.6 is 23.2 Å². The second-order valence-electron chi connectivity index (χ2n) is 10.7. The van der Waals surface area contributed by atoms with Gasteiger partial charge < -0.3 is 39.4 Å². The molecule has 4 aromatic rings.